The van der Waals surface area contributed by atoms with Gasteiger partial charge in [0.1, 0.15) is 0 Å². The molecule has 15 heavy (non-hydrogen) atoms. The van der Waals surface area contributed by atoms with Crippen LogP contribution in [0.4, 0.5) is 0 Å². The molecule has 0 unspecified atom stereocenters. The van der Waals surface area contributed by atoms with E-state index in [0.717, 1.165) is 19.3 Å². The van der Waals surface area contributed by atoms with Crippen molar-refractivity contribution in [3.05, 3.63) is 35.4 Å². The van der Waals surface area contributed by atoms with Crippen molar-refractivity contribution in [3.63, 3.8) is 0 Å². The molecule has 1 atom stereocenters. The molecule has 2 rings (SSSR count). The van der Waals surface area contributed by atoms with Crippen LogP contribution in [0.2, 0.25) is 0 Å². The number of hydrogen-bond donors (Lipinski definition) is 1. The highest BCUT2D eigenvalue weighted by atomic mass is 16.1. The van der Waals surface area contributed by atoms with Gasteiger partial charge in [-0.1, -0.05) is 31.2 Å². The molecule has 0 saturated carbocycles. The molecule has 2 heteroatoms. The summed E-state index contributed by atoms with van der Waals surface area (Å²) in [7, 11) is 0. The smallest absolute Gasteiger partial charge is 0.219 e. The number of aryl methyl sites for hydroxylation is 1. The highest BCUT2D eigenvalue weighted by Gasteiger charge is 2.18. The normalized spacial score (nSPS) is 19.4. The van der Waals surface area contributed by atoms with Gasteiger partial charge in [-0.05, 0) is 30.4 Å². The Bertz CT molecular complexity index is 359. The summed E-state index contributed by atoms with van der Waals surface area (Å²) >= 11 is 0. The topological polar surface area (TPSA) is 29.1 Å². The van der Waals surface area contributed by atoms with E-state index in [1.165, 1.54) is 11.1 Å². The van der Waals surface area contributed by atoms with Crippen molar-refractivity contribution in [3.8, 4) is 0 Å². The van der Waals surface area contributed by atoms with Gasteiger partial charge in [-0.15, -0.1) is 0 Å². The first-order valence-corrected chi connectivity index (χ1v) is 5.65. The van der Waals surface area contributed by atoms with Crippen molar-refractivity contribution >= 4 is 5.91 Å². The van der Waals surface area contributed by atoms with Gasteiger partial charge in [0, 0.05) is 12.5 Å². The number of benzene rings is 1. The Morgan fingerprint density at radius 2 is 2.13 bits per heavy atom. The average molecular weight is 203 g/mol. The second-order valence-electron chi connectivity index (χ2n) is 4.13. The van der Waals surface area contributed by atoms with Gasteiger partial charge >= 0.3 is 0 Å². The molecular weight excluding hydrogens is 186 g/mol. The first-order chi connectivity index (χ1) is 7.29. The summed E-state index contributed by atoms with van der Waals surface area (Å²) < 4.78 is 0. The SMILES string of the molecule is CCC(=O)N[C@H]1CCc2ccccc2C1. The molecule has 2 nitrogen and oxygen atoms in total. The Morgan fingerprint density at radius 3 is 2.87 bits per heavy atom. The van der Waals surface area contributed by atoms with Gasteiger partial charge < -0.3 is 5.32 Å². The molecule has 80 valence electrons. The number of amides is 1. The van der Waals surface area contributed by atoms with Gasteiger partial charge in [-0.25, -0.2) is 0 Å². The van der Waals surface area contributed by atoms with Gasteiger partial charge in [-0.2, -0.15) is 0 Å². The van der Waals surface area contributed by atoms with E-state index in [2.05, 4.69) is 29.6 Å². The minimum absolute atomic E-state index is 0.166. The number of carbonyl (C=O) groups excluding carboxylic acids is 1. The second kappa shape index (κ2) is 4.47. The maximum Gasteiger partial charge on any atom is 0.219 e. The lowest BCUT2D eigenvalue weighted by atomic mass is 9.88. The Hall–Kier alpha value is -1.31. The maximum absolute atomic E-state index is 11.3. The molecule has 1 aromatic rings. The first-order valence-electron chi connectivity index (χ1n) is 5.65. The molecule has 1 N–H and O–H groups in total. The van der Waals surface area contributed by atoms with Crippen molar-refractivity contribution in [2.75, 3.05) is 0 Å². The molecule has 0 spiro atoms. The van der Waals surface area contributed by atoms with Gasteiger partial charge in [0.05, 0.1) is 0 Å². The lowest BCUT2D eigenvalue weighted by Gasteiger charge is -2.25. The van der Waals surface area contributed by atoms with Crippen LogP contribution in [0.1, 0.15) is 30.9 Å². The molecule has 0 saturated heterocycles. The summed E-state index contributed by atoms with van der Waals surface area (Å²) in [5, 5.41) is 3.07. The van der Waals surface area contributed by atoms with Crippen molar-refractivity contribution in [2.24, 2.45) is 0 Å². The summed E-state index contributed by atoms with van der Waals surface area (Å²) in [5.74, 6) is 0.166. The highest BCUT2D eigenvalue weighted by molar-refractivity contribution is 5.75. The van der Waals surface area contributed by atoms with Gasteiger partial charge in [0.2, 0.25) is 5.91 Å². The minimum atomic E-state index is 0.166. The fourth-order valence-corrected chi connectivity index (χ4v) is 2.15. The van der Waals surface area contributed by atoms with Crippen LogP contribution in [0, 0.1) is 0 Å². The van der Waals surface area contributed by atoms with E-state index in [1.54, 1.807) is 0 Å². The van der Waals surface area contributed by atoms with E-state index in [0.29, 0.717) is 12.5 Å². The van der Waals surface area contributed by atoms with E-state index in [9.17, 15) is 4.79 Å². The van der Waals surface area contributed by atoms with Gasteiger partial charge in [0.15, 0.2) is 0 Å². The predicted molar refractivity (Wildman–Crippen MR) is 60.7 cm³/mol. The maximum atomic E-state index is 11.3. The molecule has 1 aliphatic rings. The van der Waals surface area contributed by atoms with Crippen LogP contribution < -0.4 is 5.32 Å². The fourth-order valence-electron chi connectivity index (χ4n) is 2.15. The summed E-state index contributed by atoms with van der Waals surface area (Å²) in [6.45, 7) is 1.89. The van der Waals surface area contributed by atoms with Crippen LogP contribution in [0.5, 0.6) is 0 Å². The molecule has 1 amide bonds. The summed E-state index contributed by atoms with van der Waals surface area (Å²) in [4.78, 5) is 11.3. The van der Waals surface area contributed by atoms with Gasteiger partial charge in [0.25, 0.3) is 0 Å². The summed E-state index contributed by atoms with van der Waals surface area (Å²) in [6, 6.07) is 8.85. The predicted octanol–water partition coefficient (Wildman–Crippen LogP) is 2.07. The molecule has 0 fully saturated rings. The fraction of sp³-hybridized carbons (Fsp3) is 0.462. The average Bonchev–Trinajstić information content (AvgIpc) is 2.29. The minimum Gasteiger partial charge on any atom is -0.353 e. The Kier molecular flexibility index (Phi) is 3.05. The molecule has 1 aliphatic carbocycles. The third-order valence-electron chi connectivity index (χ3n) is 3.03. The third-order valence-corrected chi connectivity index (χ3v) is 3.03. The Labute approximate surface area is 90.7 Å². The lowest BCUT2D eigenvalue weighted by molar-refractivity contribution is -0.121. The van der Waals surface area contributed by atoms with Crippen LogP contribution in [-0.4, -0.2) is 11.9 Å². The summed E-state index contributed by atoms with van der Waals surface area (Å²) in [5.41, 5.74) is 2.84. The van der Waals surface area contributed by atoms with Crippen molar-refractivity contribution in [1.29, 1.82) is 0 Å². The largest absolute Gasteiger partial charge is 0.353 e. The van der Waals surface area contributed by atoms with Crippen LogP contribution in [0.3, 0.4) is 0 Å². The van der Waals surface area contributed by atoms with E-state index < -0.39 is 0 Å². The molecule has 0 aliphatic heterocycles. The zero-order chi connectivity index (χ0) is 10.7. The zero-order valence-corrected chi connectivity index (χ0v) is 9.12. The van der Waals surface area contributed by atoms with Crippen LogP contribution in [-0.2, 0) is 17.6 Å². The van der Waals surface area contributed by atoms with E-state index in [4.69, 9.17) is 0 Å². The zero-order valence-electron chi connectivity index (χ0n) is 9.12. The molecule has 0 bridgehead atoms. The quantitative estimate of drug-likeness (QED) is 0.783. The number of hydrogen-bond acceptors (Lipinski definition) is 1. The Morgan fingerprint density at radius 1 is 1.40 bits per heavy atom. The standard InChI is InChI=1S/C13H17NO/c1-2-13(15)14-12-8-7-10-5-3-4-6-11(10)9-12/h3-6,12H,2,7-9H2,1H3,(H,14,15)/t12-/m0/s1. The molecule has 1 aromatic carbocycles. The molecule has 0 aromatic heterocycles. The number of fused-ring (bicyclic) bond motifs is 1. The van der Waals surface area contributed by atoms with Crippen molar-refractivity contribution in [2.45, 2.75) is 38.6 Å². The second-order valence-corrected chi connectivity index (χ2v) is 4.13. The highest BCUT2D eigenvalue weighted by Crippen LogP contribution is 2.20. The van der Waals surface area contributed by atoms with Crippen LogP contribution >= 0.6 is 0 Å². The van der Waals surface area contributed by atoms with E-state index in [-0.39, 0.29) is 5.91 Å². The summed E-state index contributed by atoms with van der Waals surface area (Å²) in [6.07, 6.45) is 3.73. The molecule has 0 heterocycles. The van der Waals surface area contributed by atoms with E-state index >= 15 is 0 Å². The van der Waals surface area contributed by atoms with Crippen LogP contribution in [0.15, 0.2) is 24.3 Å². The van der Waals surface area contributed by atoms with Crippen molar-refractivity contribution < 1.29 is 4.79 Å². The Balaban J connectivity index is 2.02. The lowest BCUT2D eigenvalue weighted by Crippen LogP contribution is -2.38. The third kappa shape index (κ3) is 2.38. The number of rotatable bonds is 2. The molecule has 0 radical (unpaired) electrons. The van der Waals surface area contributed by atoms with Crippen LogP contribution in [0.25, 0.3) is 0 Å². The van der Waals surface area contributed by atoms with Crippen molar-refractivity contribution in [1.82, 2.24) is 5.32 Å². The monoisotopic (exact) mass is 203 g/mol. The number of carbonyl (C=O) groups is 1. The molecular formula is C13H17NO. The number of nitrogens with one attached hydrogen (secondary N) is 1. The first kappa shape index (κ1) is 10.2. The van der Waals surface area contributed by atoms with E-state index in [1.807, 2.05) is 6.92 Å². The van der Waals surface area contributed by atoms with Gasteiger partial charge in [-0.3, -0.25) is 4.79 Å².